The van der Waals surface area contributed by atoms with Crippen molar-refractivity contribution in [2.45, 2.75) is 6.61 Å². The van der Waals surface area contributed by atoms with Crippen LogP contribution in [-0.4, -0.2) is 16.1 Å². The Labute approximate surface area is 124 Å². The maximum absolute atomic E-state index is 10.6. The van der Waals surface area contributed by atoms with Gasteiger partial charge in [-0.05, 0) is 34.1 Å². The molecule has 1 aromatic carbocycles. The molecule has 0 amide bonds. The summed E-state index contributed by atoms with van der Waals surface area (Å²) in [5.41, 5.74) is 1.64. The summed E-state index contributed by atoms with van der Waals surface area (Å²) >= 11 is 3.41. The van der Waals surface area contributed by atoms with Gasteiger partial charge in [-0.2, -0.15) is 0 Å². The number of rotatable bonds is 5. The average Bonchev–Trinajstić information content (AvgIpc) is 2.45. The van der Waals surface area contributed by atoms with E-state index < -0.39 is 5.97 Å². The predicted molar refractivity (Wildman–Crippen MR) is 79.4 cm³/mol. The zero-order valence-corrected chi connectivity index (χ0v) is 12.1. The van der Waals surface area contributed by atoms with E-state index in [0.29, 0.717) is 17.9 Å². The molecule has 0 saturated heterocycles. The highest BCUT2D eigenvalue weighted by atomic mass is 79.9. The first-order valence-corrected chi connectivity index (χ1v) is 6.67. The number of carbonyl (C=O) groups is 1. The molecule has 1 aromatic heterocycles. The van der Waals surface area contributed by atoms with Gasteiger partial charge >= 0.3 is 5.97 Å². The van der Waals surface area contributed by atoms with Gasteiger partial charge in [0.05, 0.1) is 4.47 Å². The molecule has 0 radical (unpaired) electrons. The molecule has 0 saturated carbocycles. The monoisotopic (exact) mass is 333 g/mol. The van der Waals surface area contributed by atoms with Crippen molar-refractivity contribution < 1.29 is 14.6 Å². The fourth-order valence-electron chi connectivity index (χ4n) is 1.61. The van der Waals surface area contributed by atoms with Gasteiger partial charge in [0.1, 0.15) is 12.4 Å². The number of hydrogen-bond donors (Lipinski definition) is 1. The van der Waals surface area contributed by atoms with E-state index in [4.69, 9.17) is 9.84 Å². The van der Waals surface area contributed by atoms with Crippen LogP contribution in [0.4, 0.5) is 0 Å². The van der Waals surface area contributed by atoms with E-state index in [9.17, 15) is 4.79 Å². The molecule has 0 aliphatic carbocycles. The Balaban J connectivity index is 2.19. The average molecular weight is 334 g/mol. The van der Waals surface area contributed by atoms with Gasteiger partial charge in [-0.25, -0.2) is 4.79 Å². The smallest absolute Gasteiger partial charge is 0.328 e. The van der Waals surface area contributed by atoms with Gasteiger partial charge in [0.25, 0.3) is 0 Å². The number of carboxylic acid groups (broad SMARTS) is 1. The maximum Gasteiger partial charge on any atom is 0.328 e. The van der Waals surface area contributed by atoms with Crippen molar-refractivity contribution in [3.63, 3.8) is 0 Å². The third kappa shape index (κ3) is 3.93. The highest BCUT2D eigenvalue weighted by Gasteiger charge is 2.06. The summed E-state index contributed by atoms with van der Waals surface area (Å²) in [6.45, 7) is 0.365. The number of hydrogen-bond acceptors (Lipinski definition) is 3. The van der Waals surface area contributed by atoms with Crippen molar-refractivity contribution in [2.24, 2.45) is 0 Å². The number of pyridine rings is 1. The van der Waals surface area contributed by atoms with Gasteiger partial charge in [0.2, 0.25) is 0 Å². The Morgan fingerprint density at radius 3 is 2.90 bits per heavy atom. The zero-order chi connectivity index (χ0) is 14.4. The molecule has 0 spiro atoms. The minimum atomic E-state index is -0.997. The highest BCUT2D eigenvalue weighted by molar-refractivity contribution is 9.10. The molecule has 0 aliphatic rings. The molecule has 0 fully saturated rings. The molecule has 102 valence electrons. The quantitative estimate of drug-likeness (QED) is 0.850. The molecule has 0 aliphatic heterocycles. The summed E-state index contributed by atoms with van der Waals surface area (Å²) in [6.07, 6.45) is 6.01. The van der Waals surface area contributed by atoms with Crippen LogP contribution in [0.2, 0.25) is 0 Å². The van der Waals surface area contributed by atoms with Gasteiger partial charge in [0, 0.05) is 29.6 Å². The van der Waals surface area contributed by atoms with Crippen molar-refractivity contribution in [1.29, 1.82) is 0 Å². The minimum absolute atomic E-state index is 0.365. The molecule has 20 heavy (non-hydrogen) atoms. The molecule has 1 heterocycles. The molecule has 2 aromatic rings. The molecule has 4 nitrogen and oxygen atoms in total. The summed E-state index contributed by atoms with van der Waals surface area (Å²) in [5, 5.41) is 8.70. The molecule has 0 bridgehead atoms. The van der Waals surface area contributed by atoms with Crippen LogP contribution in [0.25, 0.3) is 6.08 Å². The molecule has 0 unspecified atom stereocenters. The predicted octanol–water partition coefficient (Wildman–Crippen LogP) is 3.52. The first-order valence-electron chi connectivity index (χ1n) is 5.88. The minimum Gasteiger partial charge on any atom is -0.487 e. The normalized spacial score (nSPS) is 10.7. The first kappa shape index (κ1) is 14.3. The molecular formula is C15H12BrNO3. The number of para-hydroxylation sites is 1. The Hall–Kier alpha value is -2.14. The van der Waals surface area contributed by atoms with Crippen molar-refractivity contribution in [1.82, 2.24) is 4.98 Å². The van der Waals surface area contributed by atoms with E-state index in [1.54, 1.807) is 18.5 Å². The fraction of sp³-hybridized carbons (Fsp3) is 0.0667. The number of carboxylic acids is 1. The summed E-state index contributed by atoms with van der Waals surface area (Å²) < 4.78 is 6.53. The third-order valence-electron chi connectivity index (χ3n) is 2.51. The summed E-state index contributed by atoms with van der Waals surface area (Å²) in [5.74, 6) is -0.392. The van der Waals surface area contributed by atoms with Gasteiger partial charge in [-0.1, -0.05) is 18.2 Å². The Bertz CT molecular complexity index is 626. The van der Waals surface area contributed by atoms with E-state index in [1.165, 1.54) is 6.08 Å². The topological polar surface area (TPSA) is 59.4 Å². The van der Waals surface area contributed by atoms with Crippen LogP contribution in [0.5, 0.6) is 5.75 Å². The zero-order valence-electron chi connectivity index (χ0n) is 10.5. The first-order chi connectivity index (χ1) is 9.66. The van der Waals surface area contributed by atoms with E-state index in [2.05, 4.69) is 20.9 Å². The number of benzene rings is 1. The number of aliphatic carboxylic acids is 1. The lowest BCUT2D eigenvalue weighted by Gasteiger charge is -2.11. The van der Waals surface area contributed by atoms with Crippen LogP contribution in [0.3, 0.4) is 0 Å². The summed E-state index contributed by atoms with van der Waals surface area (Å²) in [7, 11) is 0. The van der Waals surface area contributed by atoms with Gasteiger partial charge < -0.3 is 9.84 Å². The Morgan fingerprint density at radius 2 is 2.20 bits per heavy atom. The van der Waals surface area contributed by atoms with Crippen LogP contribution in [-0.2, 0) is 11.4 Å². The molecular weight excluding hydrogens is 322 g/mol. The van der Waals surface area contributed by atoms with Crippen molar-refractivity contribution in [3.8, 4) is 5.75 Å². The Kier molecular flexibility index (Phi) is 4.90. The largest absolute Gasteiger partial charge is 0.487 e. The summed E-state index contributed by atoms with van der Waals surface area (Å²) in [4.78, 5) is 14.6. The van der Waals surface area contributed by atoms with Crippen LogP contribution in [0.1, 0.15) is 11.1 Å². The lowest BCUT2D eigenvalue weighted by molar-refractivity contribution is -0.131. The van der Waals surface area contributed by atoms with E-state index in [0.717, 1.165) is 16.1 Å². The van der Waals surface area contributed by atoms with E-state index in [-0.39, 0.29) is 0 Å². The third-order valence-corrected chi connectivity index (χ3v) is 3.13. The second-order valence-electron chi connectivity index (χ2n) is 3.98. The Morgan fingerprint density at radius 1 is 1.35 bits per heavy atom. The SMILES string of the molecule is O=C(O)C=Cc1cccc(Br)c1OCc1cccnc1. The summed E-state index contributed by atoms with van der Waals surface area (Å²) in [6, 6.07) is 9.21. The second kappa shape index (κ2) is 6.86. The van der Waals surface area contributed by atoms with E-state index in [1.807, 2.05) is 24.3 Å². The van der Waals surface area contributed by atoms with Gasteiger partial charge in [-0.15, -0.1) is 0 Å². The maximum atomic E-state index is 10.6. The lowest BCUT2D eigenvalue weighted by Crippen LogP contribution is -1.98. The number of halogens is 1. The second-order valence-corrected chi connectivity index (χ2v) is 4.83. The molecule has 2 rings (SSSR count). The van der Waals surface area contributed by atoms with Crippen LogP contribution < -0.4 is 4.74 Å². The number of nitrogens with zero attached hydrogens (tertiary/aromatic N) is 1. The molecule has 0 atom stereocenters. The van der Waals surface area contributed by atoms with Crippen molar-refractivity contribution in [2.75, 3.05) is 0 Å². The van der Waals surface area contributed by atoms with E-state index >= 15 is 0 Å². The standard InChI is InChI=1S/C15H12BrNO3/c16-13-5-1-4-12(6-7-14(18)19)15(13)20-10-11-3-2-8-17-9-11/h1-9H,10H2,(H,18,19). The lowest BCUT2D eigenvalue weighted by atomic mass is 10.2. The number of aromatic nitrogens is 1. The fourth-order valence-corrected chi connectivity index (χ4v) is 2.11. The molecule has 5 heteroatoms. The van der Waals surface area contributed by atoms with Crippen molar-refractivity contribution in [3.05, 3.63) is 64.4 Å². The highest BCUT2D eigenvalue weighted by Crippen LogP contribution is 2.30. The molecule has 1 N–H and O–H groups in total. The van der Waals surface area contributed by atoms with Crippen LogP contribution >= 0.6 is 15.9 Å². The number of ether oxygens (including phenoxy) is 1. The van der Waals surface area contributed by atoms with Crippen molar-refractivity contribution >= 4 is 28.0 Å². The van der Waals surface area contributed by atoms with Crippen LogP contribution in [0, 0.1) is 0 Å². The van der Waals surface area contributed by atoms with Gasteiger partial charge in [-0.3, -0.25) is 4.98 Å². The van der Waals surface area contributed by atoms with Gasteiger partial charge in [0.15, 0.2) is 0 Å². The van der Waals surface area contributed by atoms with Crippen LogP contribution in [0.15, 0.2) is 53.3 Å².